The number of hydrogen-bond acceptors (Lipinski definition) is 4. The predicted molar refractivity (Wildman–Crippen MR) is 108 cm³/mol. The van der Waals surface area contributed by atoms with Gasteiger partial charge in [0.2, 0.25) is 10.0 Å². The van der Waals surface area contributed by atoms with Crippen LogP contribution in [0.2, 0.25) is 5.02 Å². The molecule has 1 N–H and O–H groups in total. The summed E-state index contributed by atoms with van der Waals surface area (Å²) in [6.45, 7) is 2.32. The van der Waals surface area contributed by atoms with Crippen LogP contribution in [0.4, 0.5) is 0 Å². The number of piperidine rings is 1. The largest absolute Gasteiger partial charge is 0.342 e. The number of carbonyl (C=O) groups excluding carboxylic acids is 1. The zero-order chi connectivity index (χ0) is 19.9. The van der Waals surface area contributed by atoms with E-state index in [0.29, 0.717) is 36.5 Å². The van der Waals surface area contributed by atoms with Crippen molar-refractivity contribution in [2.24, 2.45) is 0 Å². The maximum Gasteiger partial charge on any atom is 0.243 e. The molecule has 146 valence electrons. The van der Waals surface area contributed by atoms with Gasteiger partial charge in [0.05, 0.1) is 15.9 Å². The van der Waals surface area contributed by atoms with Gasteiger partial charge in [0.1, 0.15) is 5.82 Å². The summed E-state index contributed by atoms with van der Waals surface area (Å²) in [6, 6.07) is 11.6. The van der Waals surface area contributed by atoms with Gasteiger partial charge in [-0.1, -0.05) is 23.7 Å². The molecule has 8 heteroatoms. The summed E-state index contributed by atoms with van der Waals surface area (Å²) in [5, 5.41) is 0.652. The molecule has 1 saturated heterocycles. The van der Waals surface area contributed by atoms with Gasteiger partial charge < -0.3 is 4.98 Å². The number of benzene rings is 2. The molecule has 0 saturated carbocycles. The van der Waals surface area contributed by atoms with Crippen molar-refractivity contribution < 1.29 is 13.2 Å². The van der Waals surface area contributed by atoms with E-state index in [0.717, 1.165) is 16.9 Å². The van der Waals surface area contributed by atoms with Gasteiger partial charge in [-0.05, 0) is 50.1 Å². The van der Waals surface area contributed by atoms with Crippen LogP contribution in [0.25, 0.3) is 11.0 Å². The quantitative estimate of drug-likeness (QED) is 0.650. The van der Waals surface area contributed by atoms with E-state index in [1.165, 1.54) is 23.4 Å². The van der Waals surface area contributed by atoms with Crippen molar-refractivity contribution in [2.45, 2.75) is 30.6 Å². The van der Waals surface area contributed by atoms with E-state index in [2.05, 4.69) is 9.97 Å². The number of fused-ring (bicyclic) bond motifs is 1. The number of aromatic amines is 1. The molecule has 3 aromatic rings. The highest BCUT2D eigenvalue weighted by Gasteiger charge is 2.31. The van der Waals surface area contributed by atoms with Crippen LogP contribution in [-0.4, -0.2) is 41.6 Å². The molecule has 1 aromatic heterocycles. The van der Waals surface area contributed by atoms with Crippen LogP contribution >= 0.6 is 11.6 Å². The third-order valence-electron chi connectivity index (χ3n) is 5.20. The number of nitrogens with zero attached hydrogens (tertiary/aromatic N) is 2. The molecule has 1 aliphatic rings. The van der Waals surface area contributed by atoms with Gasteiger partial charge in [-0.15, -0.1) is 0 Å². The summed E-state index contributed by atoms with van der Waals surface area (Å²) in [5.41, 5.74) is 2.26. The Morgan fingerprint density at radius 1 is 1.14 bits per heavy atom. The first-order chi connectivity index (χ1) is 13.3. The van der Waals surface area contributed by atoms with Crippen molar-refractivity contribution in [1.82, 2.24) is 14.3 Å². The number of nitrogens with one attached hydrogen (secondary N) is 1. The fourth-order valence-electron chi connectivity index (χ4n) is 3.58. The molecule has 6 nitrogen and oxygen atoms in total. The van der Waals surface area contributed by atoms with E-state index in [9.17, 15) is 13.2 Å². The maximum atomic E-state index is 12.9. The third-order valence-corrected chi connectivity index (χ3v) is 7.35. The Hall–Kier alpha value is -2.22. The fraction of sp³-hybridized carbons (Fsp3) is 0.300. The molecular weight excluding hydrogens is 398 g/mol. The first kappa shape index (κ1) is 19.1. The van der Waals surface area contributed by atoms with Crippen LogP contribution in [-0.2, 0) is 10.0 Å². The van der Waals surface area contributed by atoms with E-state index < -0.39 is 10.0 Å². The Labute approximate surface area is 168 Å². The average molecular weight is 418 g/mol. The number of ketones is 1. The molecule has 0 bridgehead atoms. The number of sulfonamides is 1. The van der Waals surface area contributed by atoms with Gasteiger partial charge in [-0.25, -0.2) is 13.4 Å². The first-order valence-electron chi connectivity index (χ1n) is 9.11. The van der Waals surface area contributed by atoms with E-state index in [4.69, 9.17) is 11.6 Å². The monoisotopic (exact) mass is 417 g/mol. The van der Waals surface area contributed by atoms with E-state index in [1.807, 2.05) is 12.1 Å². The number of carbonyl (C=O) groups is 1. The van der Waals surface area contributed by atoms with Crippen LogP contribution in [0.3, 0.4) is 0 Å². The average Bonchev–Trinajstić information content (AvgIpc) is 3.11. The van der Waals surface area contributed by atoms with Crippen molar-refractivity contribution >= 4 is 38.4 Å². The highest BCUT2D eigenvalue weighted by Crippen LogP contribution is 2.31. The molecule has 0 amide bonds. The number of H-pyrrole nitrogens is 1. The minimum absolute atomic E-state index is 0.0862. The van der Waals surface area contributed by atoms with Gasteiger partial charge in [-0.2, -0.15) is 4.31 Å². The second-order valence-corrected chi connectivity index (χ2v) is 9.42. The van der Waals surface area contributed by atoms with Crippen molar-refractivity contribution in [3.63, 3.8) is 0 Å². The molecule has 2 heterocycles. The molecule has 1 fully saturated rings. The van der Waals surface area contributed by atoms with Crippen LogP contribution in [0.5, 0.6) is 0 Å². The molecule has 28 heavy (non-hydrogen) atoms. The van der Waals surface area contributed by atoms with Crippen molar-refractivity contribution in [2.75, 3.05) is 13.1 Å². The lowest BCUT2D eigenvalue weighted by Crippen LogP contribution is -2.38. The predicted octanol–water partition coefficient (Wildman–Crippen LogP) is 3.99. The molecular formula is C20H20ClN3O3S. The highest BCUT2D eigenvalue weighted by molar-refractivity contribution is 7.89. The van der Waals surface area contributed by atoms with Gasteiger partial charge in [-0.3, -0.25) is 4.79 Å². The van der Waals surface area contributed by atoms with E-state index in [1.54, 1.807) is 18.2 Å². The molecule has 1 aliphatic heterocycles. The van der Waals surface area contributed by atoms with E-state index in [-0.39, 0.29) is 16.6 Å². The van der Waals surface area contributed by atoms with Crippen LogP contribution < -0.4 is 0 Å². The number of hydrogen-bond donors (Lipinski definition) is 1. The van der Waals surface area contributed by atoms with Gasteiger partial charge in [0.15, 0.2) is 5.78 Å². The maximum absolute atomic E-state index is 12.9. The summed E-state index contributed by atoms with van der Waals surface area (Å²) in [7, 11) is -3.57. The standard InChI is InChI=1S/C20H20ClN3O3S/c1-13(25)14-2-5-17(6-3-14)28(26,27)24-10-8-15(9-11-24)20-22-18-7-4-16(21)12-19(18)23-20/h2-7,12,15H,8-11H2,1H3,(H,22,23). The lowest BCUT2D eigenvalue weighted by atomic mass is 9.97. The Kier molecular flexibility index (Phi) is 4.99. The zero-order valence-electron chi connectivity index (χ0n) is 15.4. The second-order valence-electron chi connectivity index (χ2n) is 7.04. The lowest BCUT2D eigenvalue weighted by Gasteiger charge is -2.30. The summed E-state index contributed by atoms with van der Waals surface area (Å²) in [6.07, 6.45) is 1.39. The third kappa shape index (κ3) is 3.57. The number of rotatable bonds is 4. The van der Waals surface area contributed by atoms with Crippen LogP contribution in [0.1, 0.15) is 41.9 Å². The summed E-state index contributed by atoms with van der Waals surface area (Å²) >= 11 is 6.03. The SMILES string of the molecule is CC(=O)c1ccc(S(=O)(=O)N2CCC(c3nc4ccc(Cl)cc4[nH]3)CC2)cc1. The number of aromatic nitrogens is 2. The zero-order valence-corrected chi connectivity index (χ0v) is 16.9. The van der Waals surface area contributed by atoms with Gasteiger partial charge >= 0.3 is 0 Å². The Morgan fingerprint density at radius 2 is 1.82 bits per heavy atom. The van der Waals surface area contributed by atoms with Gasteiger partial charge in [0.25, 0.3) is 0 Å². The summed E-state index contributed by atoms with van der Waals surface area (Å²) in [5.74, 6) is 0.967. The molecule has 0 spiro atoms. The van der Waals surface area contributed by atoms with Crippen molar-refractivity contribution in [1.29, 1.82) is 0 Å². The van der Waals surface area contributed by atoms with Crippen LogP contribution in [0, 0.1) is 0 Å². The Morgan fingerprint density at radius 3 is 2.46 bits per heavy atom. The Balaban J connectivity index is 1.48. The lowest BCUT2D eigenvalue weighted by molar-refractivity contribution is 0.101. The molecule has 0 aliphatic carbocycles. The first-order valence-corrected chi connectivity index (χ1v) is 10.9. The molecule has 2 aromatic carbocycles. The van der Waals surface area contributed by atoms with Crippen molar-refractivity contribution in [3.8, 4) is 0 Å². The highest BCUT2D eigenvalue weighted by atomic mass is 35.5. The smallest absolute Gasteiger partial charge is 0.243 e. The minimum Gasteiger partial charge on any atom is -0.342 e. The minimum atomic E-state index is -3.57. The number of Topliss-reactive ketones (excluding diaryl/α,β-unsaturated/α-hetero) is 1. The topological polar surface area (TPSA) is 83.1 Å². The second kappa shape index (κ2) is 7.31. The summed E-state index contributed by atoms with van der Waals surface area (Å²) < 4.78 is 27.3. The molecule has 0 radical (unpaired) electrons. The number of imidazole rings is 1. The molecule has 0 unspecified atom stereocenters. The molecule has 4 rings (SSSR count). The molecule has 0 atom stereocenters. The number of halogens is 1. The van der Waals surface area contributed by atoms with Crippen LogP contribution in [0.15, 0.2) is 47.4 Å². The Bertz CT molecular complexity index is 1130. The van der Waals surface area contributed by atoms with Gasteiger partial charge in [0, 0.05) is 29.6 Å². The summed E-state index contributed by atoms with van der Waals surface area (Å²) in [4.78, 5) is 19.6. The normalized spacial score (nSPS) is 16.5. The van der Waals surface area contributed by atoms with Crippen molar-refractivity contribution in [3.05, 3.63) is 58.9 Å². The van der Waals surface area contributed by atoms with E-state index >= 15 is 0 Å². The fourth-order valence-corrected chi connectivity index (χ4v) is 5.22.